The number of allylic oxidation sites excluding steroid dienone is 1. The van der Waals surface area contributed by atoms with E-state index in [1.54, 1.807) is 12.4 Å². The van der Waals surface area contributed by atoms with Gasteiger partial charge in [-0.1, -0.05) is 17.7 Å². The first kappa shape index (κ1) is 10.2. The highest BCUT2D eigenvalue weighted by atomic mass is 35.5. The predicted molar refractivity (Wildman–Crippen MR) is 55.6 cm³/mol. The number of nitrogens with two attached hydrogens (primary N) is 1. The Morgan fingerprint density at radius 3 is 3.08 bits per heavy atom. The zero-order valence-electron chi connectivity index (χ0n) is 7.41. The molecule has 0 bridgehead atoms. The van der Waals surface area contributed by atoms with Crippen molar-refractivity contribution in [1.82, 2.24) is 4.98 Å². The van der Waals surface area contributed by atoms with Crippen LogP contribution in [-0.4, -0.2) is 4.98 Å². The third-order valence-electron chi connectivity index (χ3n) is 1.89. The van der Waals surface area contributed by atoms with Crippen molar-refractivity contribution < 1.29 is 0 Å². The first-order valence-electron chi connectivity index (χ1n) is 4.21. The van der Waals surface area contributed by atoms with Gasteiger partial charge in [-0.3, -0.25) is 4.98 Å². The van der Waals surface area contributed by atoms with E-state index in [0.29, 0.717) is 5.02 Å². The molecule has 1 heterocycles. The lowest BCUT2D eigenvalue weighted by Crippen LogP contribution is -2.10. The maximum absolute atomic E-state index is 5.93. The second kappa shape index (κ2) is 5.00. The molecule has 1 rings (SSSR count). The molecule has 0 spiro atoms. The van der Waals surface area contributed by atoms with Gasteiger partial charge in [0.1, 0.15) is 0 Å². The summed E-state index contributed by atoms with van der Waals surface area (Å²) in [5.41, 5.74) is 6.88. The minimum absolute atomic E-state index is 0.0199. The van der Waals surface area contributed by atoms with Gasteiger partial charge in [-0.05, 0) is 24.5 Å². The third-order valence-corrected chi connectivity index (χ3v) is 2.20. The molecule has 0 aliphatic heterocycles. The highest BCUT2D eigenvalue weighted by Crippen LogP contribution is 2.22. The van der Waals surface area contributed by atoms with Gasteiger partial charge in [0.25, 0.3) is 0 Å². The Labute approximate surface area is 83.4 Å². The van der Waals surface area contributed by atoms with E-state index in [2.05, 4.69) is 11.6 Å². The van der Waals surface area contributed by atoms with E-state index < -0.39 is 0 Å². The number of halogens is 1. The van der Waals surface area contributed by atoms with Gasteiger partial charge in [0.2, 0.25) is 0 Å². The molecule has 0 aromatic carbocycles. The van der Waals surface area contributed by atoms with Crippen LogP contribution in [0.3, 0.4) is 0 Å². The Kier molecular flexibility index (Phi) is 3.93. The van der Waals surface area contributed by atoms with Crippen molar-refractivity contribution in [1.29, 1.82) is 0 Å². The molecular weight excluding hydrogens is 184 g/mol. The molecule has 0 fully saturated rings. The van der Waals surface area contributed by atoms with Crippen molar-refractivity contribution in [3.63, 3.8) is 0 Å². The third kappa shape index (κ3) is 2.83. The minimum Gasteiger partial charge on any atom is -0.324 e. The number of pyridine rings is 1. The first-order chi connectivity index (χ1) is 6.25. The summed E-state index contributed by atoms with van der Waals surface area (Å²) in [6.45, 7) is 3.65. The number of aromatic nitrogens is 1. The molecule has 0 saturated carbocycles. The summed E-state index contributed by atoms with van der Waals surface area (Å²) in [4.78, 5) is 3.90. The highest BCUT2D eigenvalue weighted by Gasteiger charge is 2.08. The fraction of sp³-hybridized carbons (Fsp3) is 0.300. The molecule has 1 unspecified atom stereocenters. The zero-order valence-corrected chi connectivity index (χ0v) is 8.17. The summed E-state index contributed by atoms with van der Waals surface area (Å²) in [6, 6.07) is 1.84. The average Bonchev–Trinajstić information content (AvgIpc) is 2.15. The molecule has 0 saturated heterocycles. The van der Waals surface area contributed by atoms with Crippen LogP contribution in [0, 0.1) is 0 Å². The van der Waals surface area contributed by atoms with Crippen LogP contribution >= 0.6 is 11.6 Å². The van der Waals surface area contributed by atoms with Crippen molar-refractivity contribution in [3.05, 3.63) is 41.7 Å². The molecule has 1 aromatic heterocycles. The van der Waals surface area contributed by atoms with Gasteiger partial charge in [0, 0.05) is 18.4 Å². The lowest BCUT2D eigenvalue weighted by Gasteiger charge is -2.11. The van der Waals surface area contributed by atoms with Crippen LogP contribution in [0.4, 0.5) is 0 Å². The average molecular weight is 197 g/mol. The van der Waals surface area contributed by atoms with Crippen LogP contribution in [0.25, 0.3) is 0 Å². The van der Waals surface area contributed by atoms with Crippen molar-refractivity contribution in [3.8, 4) is 0 Å². The van der Waals surface area contributed by atoms with Gasteiger partial charge >= 0.3 is 0 Å². The summed E-state index contributed by atoms with van der Waals surface area (Å²) < 4.78 is 0. The van der Waals surface area contributed by atoms with Gasteiger partial charge in [0.15, 0.2) is 0 Å². The molecule has 1 aromatic rings. The quantitative estimate of drug-likeness (QED) is 0.753. The predicted octanol–water partition coefficient (Wildman–Crippen LogP) is 2.70. The summed E-state index contributed by atoms with van der Waals surface area (Å²) >= 11 is 5.93. The first-order valence-corrected chi connectivity index (χ1v) is 4.59. The molecular formula is C10H13ClN2. The van der Waals surface area contributed by atoms with Crippen LogP contribution in [0.2, 0.25) is 5.02 Å². The monoisotopic (exact) mass is 196 g/mol. The largest absolute Gasteiger partial charge is 0.324 e. The van der Waals surface area contributed by atoms with Crippen LogP contribution < -0.4 is 5.73 Å². The number of hydrogen-bond donors (Lipinski definition) is 1. The van der Waals surface area contributed by atoms with Crippen molar-refractivity contribution in [2.24, 2.45) is 5.73 Å². The standard InChI is InChI=1S/C10H13ClN2/c1-2-3-4-10(12)8-5-6-13-7-9(8)11/h2,5-7,10H,1,3-4,12H2. The van der Waals surface area contributed by atoms with E-state index in [4.69, 9.17) is 17.3 Å². The molecule has 70 valence electrons. The van der Waals surface area contributed by atoms with E-state index in [0.717, 1.165) is 18.4 Å². The van der Waals surface area contributed by atoms with E-state index >= 15 is 0 Å². The highest BCUT2D eigenvalue weighted by molar-refractivity contribution is 6.31. The fourth-order valence-electron chi connectivity index (χ4n) is 1.14. The van der Waals surface area contributed by atoms with Crippen LogP contribution in [0.5, 0.6) is 0 Å². The smallest absolute Gasteiger partial charge is 0.0637 e. The van der Waals surface area contributed by atoms with Gasteiger partial charge in [-0.15, -0.1) is 6.58 Å². The molecule has 2 nitrogen and oxygen atoms in total. The van der Waals surface area contributed by atoms with Gasteiger partial charge in [-0.25, -0.2) is 0 Å². The topological polar surface area (TPSA) is 38.9 Å². The lowest BCUT2D eigenvalue weighted by molar-refractivity contribution is 0.661. The Morgan fingerprint density at radius 2 is 2.46 bits per heavy atom. The van der Waals surface area contributed by atoms with Crippen molar-refractivity contribution in [2.45, 2.75) is 18.9 Å². The molecule has 2 N–H and O–H groups in total. The maximum Gasteiger partial charge on any atom is 0.0637 e. The molecule has 13 heavy (non-hydrogen) atoms. The molecule has 1 atom stereocenters. The van der Waals surface area contributed by atoms with E-state index in [1.807, 2.05) is 12.1 Å². The Bertz CT molecular complexity index is 286. The summed E-state index contributed by atoms with van der Waals surface area (Å²) in [5, 5.41) is 0.638. The second-order valence-electron chi connectivity index (χ2n) is 2.87. The van der Waals surface area contributed by atoms with Crippen molar-refractivity contribution >= 4 is 11.6 Å². The van der Waals surface area contributed by atoms with Gasteiger partial charge < -0.3 is 5.73 Å². The molecule has 0 aliphatic rings. The number of rotatable bonds is 4. The SMILES string of the molecule is C=CCCC(N)c1ccncc1Cl. The second-order valence-corrected chi connectivity index (χ2v) is 3.28. The number of nitrogens with zero attached hydrogens (tertiary/aromatic N) is 1. The van der Waals surface area contributed by atoms with Crippen LogP contribution in [-0.2, 0) is 0 Å². The number of hydrogen-bond acceptors (Lipinski definition) is 2. The van der Waals surface area contributed by atoms with Crippen LogP contribution in [0.15, 0.2) is 31.1 Å². The lowest BCUT2D eigenvalue weighted by atomic mass is 10.0. The van der Waals surface area contributed by atoms with Gasteiger partial charge in [0.05, 0.1) is 5.02 Å². The molecule has 0 amide bonds. The fourth-order valence-corrected chi connectivity index (χ4v) is 1.40. The Balaban J connectivity index is 2.70. The van der Waals surface area contributed by atoms with E-state index in [-0.39, 0.29) is 6.04 Å². The van der Waals surface area contributed by atoms with Crippen molar-refractivity contribution in [2.75, 3.05) is 0 Å². The van der Waals surface area contributed by atoms with Gasteiger partial charge in [-0.2, -0.15) is 0 Å². The molecule has 0 radical (unpaired) electrons. The zero-order chi connectivity index (χ0) is 9.68. The Morgan fingerprint density at radius 1 is 1.69 bits per heavy atom. The van der Waals surface area contributed by atoms with Crippen LogP contribution in [0.1, 0.15) is 24.4 Å². The summed E-state index contributed by atoms with van der Waals surface area (Å²) in [5.74, 6) is 0. The Hall–Kier alpha value is -0.860. The summed E-state index contributed by atoms with van der Waals surface area (Å²) in [7, 11) is 0. The normalized spacial score (nSPS) is 12.5. The maximum atomic E-state index is 5.93. The molecule has 3 heteroatoms. The summed E-state index contributed by atoms with van der Waals surface area (Å²) in [6.07, 6.45) is 6.95. The van der Waals surface area contributed by atoms with E-state index in [1.165, 1.54) is 0 Å². The molecule has 0 aliphatic carbocycles. The minimum atomic E-state index is -0.0199. The van der Waals surface area contributed by atoms with E-state index in [9.17, 15) is 0 Å².